The van der Waals surface area contributed by atoms with E-state index in [1.807, 2.05) is 18.2 Å². The Bertz CT molecular complexity index is 922. The van der Waals surface area contributed by atoms with Gasteiger partial charge in [0.2, 0.25) is 5.91 Å². The number of ether oxygens (including phenoxy) is 1. The molecule has 0 saturated heterocycles. The number of benzene rings is 2. The Balaban J connectivity index is 1.55. The molecule has 7 heteroatoms. The second kappa shape index (κ2) is 8.57. The summed E-state index contributed by atoms with van der Waals surface area (Å²) in [6.45, 7) is 0.0934. The molecule has 0 aliphatic rings. The highest BCUT2D eigenvalue weighted by Crippen LogP contribution is 2.18. The van der Waals surface area contributed by atoms with E-state index in [-0.39, 0.29) is 24.1 Å². The first-order chi connectivity index (χ1) is 13.1. The Morgan fingerprint density at radius 2 is 1.67 bits per heavy atom. The van der Waals surface area contributed by atoms with Crippen molar-refractivity contribution in [1.29, 1.82) is 0 Å². The zero-order chi connectivity index (χ0) is 19.1. The molecule has 2 amide bonds. The summed E-state index contributed by atoms with van der Waals surface area (Å²) < 4.78 is 10.2. The Morgan fingerprint density at radius 3 is 2.41 bits per heavy atom. The van der Waals surface area contributed by atoms with E-state index in [9.17, 15) is 9.59 Å². The molecule has 0 radical (unpaired) electrons. The lowest BCUT2D eigenvalue weighted by Gasteiger charge is -2.10. The fourth-order valence-electron chi connectivity index (χ4n) is 2.40. The number of nitrogens with one attached hydrogen (secondary N) is 3. The number of hydrogen-bond acceptors (Lipinski definition) is 5. The van der Waals surface area contributed by atoms with E-state index in [0.29, 0.717) is 17.1 Å². The topological polar surface area (TPSA) is 92.6 Å². The molecule has 0 spiro atoms. The van der Waals surface area contributed by atoms with Crippen molar-refractivity contribution < 1.29 is 18.7 Å². The molecule has 3 rings (SSSR count). The van der Waals surface area contributed by atoms with Crippen LogP contribution in [-0.4, -0.2) is 25.5 Å². The molecular weight excluding hydrogens is 346 g/mol. The van der Waals surface area contributed by atoms with Crippen molar-refractivity contribution in [3.63, 3.8) is 0 Å². The van der Waals surface area contributed by atoms with Crippen LogP contribution in [0.15, 0.2) is 71.3 Å². The van der Waals surface area contributed by atoms with Crippen molar-refractivity contribution in [3.8, 4) is 5.75 Å². The van der Waals surface area contributed by atoms with Crippen LogP contribution in [0.1, 0.15) is 10.6 Å². The number of hydrogen-bond donors (Lipinski definition) is 3. The lowest BCUT2D eigenvalue weighted by molar-refractivity contribution is -0.114. The smallest absolute Gasteiger partial charge is 0.291 e. The Kier molecular flexibility index (Phi) is 5.73. The van der Waals surface area contributed by atoms with Crippen LogP contribution in [0.3, 0.4) is 0 Å². The summed E-state index contributed by atoms with van der Waals surface area (Å²) in [7, 11) is 1.59. The minimum absolute atomic E-state index is 0.0934. The maximum atomic E-state index is 12.2. The van der Waals surface area contributed by atoms with Gasteiger partial charge in [0, 0.05) is 23.1 Å². The Morgan fingerprint density at radius 1 is 0.926 bits per heavy atom. The van der Waals surface area contributed by atoms with E-state index in [4.69, 9.17) is 9.15 Å². The van der Waals surface area contributed by atoms with E-state index in [2.05, 4.69) is 16.0 Å². The van der Waals surface area contributed by atoms with Crippen LogP contribution in [0.5, 0.6) is 5.75 Å². The first-order valence-corrected chi connectivity index (χ1v) is 8.27. The summed E-state index contributed by atoms with van der Waals surface area (Å²) in [5, 5.41) is 8.53. The highest BCUT2D eigenvalue weighted by Gasteiger charge is 2.09. The molecule has 0 fully saturated rings. The first kappa shape index (κ1) is 18.1. The van der Waals surface area contributed by atoms with Crippen molar-refractivity contribution in [1.82, 2.24) is 0 Å². The summed E-state index contributed by atoms with van der Waals surface area (Å²) in [5.41, 5.74) is 1.91. The van der Waals surface area contributed by atoms with Crippen molar-refractivity contribution in [2.75, 3.05) is 29.6 Å². The van der Waals surface area contributed by atoms with E-state index in [1.165, 1.54) is 6.26 Å². The van der Waals surface area contributed by atoms with Gasteiger partial charge in [0.25, 0.3) is 5.91 Å². The van der Waals surface area contributed by atoms with Crippen LogP contribution < -0.4 is 20.7 Å². The second-order valence-corrected chi connectivity index (χ2v) is 5.65. The van der Waals surface area contributed by atoms with Crippen LogP contribution >= 0.6 is 0 Å². The Labute approximate surface area is 156 Å². The predicted octanol–water partition coefficient (Wildman–Crippen LogP) is 3.59. The molecule has 0 aliphatic heterocycles. The molecular formula is C20H19N3O4. The van der Waals surface area contributed by atoms with Gasteiger partial charge >= 0.3 is 0 Å². The van der Waals surface area contributed by atoms with Crippen LogP contribution in [-0.2, 0) is 4.79 Å². The van der Waals surface area contributed by atoms with Gasteiger partial charge < -0.3 is 25.1 Å². The number of carbonyl (C=O) groups excluding carboxylic acids is 2. The number of carbonyl (C=O) groups is 2. The molecule has 0 saturated carbocycles. The summed E-state index contributed by atoms with van der Waals surface area (Å²) in [4.78, 5) is 24.2. The molecule has 138 valence electrons. The lowest BCUT2D eigenvalue weighted by Crippen LogP contribution is -2.21. The first-order valence-electron chi connectivity index (χ1n) is 8.27. The predicted molar refractivity (Wildman–Crippen MR) is 103 cm³/mol. The normalized spacial score (nSPS) is 10.1. The molecule has 2 aromatic carbocycles. The minimum Gasteiger partial charge on any atom is -0.497 e. The van der Waals surface area contributed by atoms with Crippen molar-refractivity contribution in [2.24, 2.45) is 0 Å². The zero-order valence-corrected chi connectivity index (χ0v) is 14.7. The van der Waals surface area contributed by atoms with Gasteiger partial charge in [-0.05, 0) is 42.5 Å². The number of anilines is 3. The summed E-state index contributed by atoms with van der Waals surface area (Å²) in [6.07, 6.45) is 1.43. The maximum absolute atomic E-state index is 12.2. The van der Waals surface area contributed by atoms with Gasteiger partial charge in [-0.2, -0.15) is 0 Å². The molecule has 3 aromatic rings. The molecule has 27 heavy (non-hydrogen) atoms. The number of rotatable bonds is 7. The van der Waals surface area contributed by atoms with E-state index in [1.54, 1.807) is 49.6 Å². The zero-order valence-electron chi connectivity index (χ0n) is 14.7. The van der Waals surface area contributed by atoms with Crippen LogP contribution in [0.2, 0.25) is 0 Å². The van der Waals surface area contributed by atoms with Gasteiger partial charge in [-0.3, -0.25) is 9.59 Å². The second-order valence-electron chi connectivity index (χ2n) is 5.65. The lowest BCUT2D eigenvalue weighted by atomic mass is 10.2. The van der Waals surface area contributed by atoms with Crippen LogP contribution in [0, 0.1) is 0 Å². The fraction of sp³-hybridized carbons (Fsp3) is 0.100. The van der Waals surface area contributed by atoms with Gasteiger partial charge in [-0.1, -0.05) is 12.1 Å². The number of furan rings is 1. The van der Waals surface area contributed by atoms with Crippen molar-refractivity contribution in [3.05, 3.63) is 72.7 Å². The maximum Gasteiger partial charge on any atom is 0.291 e. The monoisotopic (exact) mass is 365 g/mol. The third-order valence-electron chi connectivity index (χ3n) is 3.67. The van der Waals surface area contributed by atoms with Gasteiger partial charge in [-0.25, -0.2) is 0 Å². The molecule has 0 aliphatic carbocycles. The van der Waals surface area contributed by atoms with Crippen LogP contribution in [0.25, 0.3) is 0 Å². The average Bonchev–Trinajstić information content (AvgIpc) is 3.22. The average molecular weight is 365 g/mol. The summed E-state index contributed by atoms with van der Waals surface area (Å²) >= 11 is 0. The van der Waals surface area contributed by atoms with Gasteiger partial charge in [-0.15, -0.1) is 0 Å². The number of methoxy groups -OCH3 is 1. The van der Waals surface area contributed by atoms with Crippen molar-refractivity contribution >= 4 is 28.9 Å². The van der Waals surface area contributed by atoms with E-state index in [0.717, 1.165) is 5.69 Å². The molecule has 7 nitrogen and oxygen atoms in total. The SMILES string of the molecule is COc1cccc(NCC(=O)Nc2cccc(NC(=O)c3ccco3)c2)c1. The van der Waals surface area contributed by atoms with Gasteiger partial charge in [0.15, 0.2) is 5.76 Å². The van der Waals surface area contributed by atoms with E-state index < -0.39 is 0 Å². The minimum atomic E-state index is -0.358. The fourth-order valence-corrected chi connectivity index (χ4v) is 2.40. The number of amides is 2. The highest BCUT2D eigenvalue weighted by molar-refractivity contribution is 6.02. The largest absolute Gasteiger partial charge is 0.497 e. The van der Waals surface area contributed by atoms with E-state index >= 15 is 0 Å². The molecule has 0 unspecified atom stereocenters. The molecule has 0 atom stereocenters. The summed E-state index contributed by atoms with van der Waals surface area (Å²) in [5.74, 6) is 0.350. The molecule has 1 heterocycles. The van der Waals surface area contributed by atoms with Crippen molar-refractivity contribution in [2.45, 2.75) is 0 Å². The molecule has 3 N–H and O–H groups in total. The third kappa shape index (κ3) is 5.12. The summed E-state index contributed by atoms with van der Waals surface area (Å²) in [6, 6.07) is 17.4. The van der Waals surface area contributed by atoms with Gasteiger partial charge in [0.1, 0.15) is 5.75 Å². The quantitative estimate of drug-likeness (QED) is 0.595. The molecule has 0 bridgehead atoms. The Hall–Kier alpha value is -3.74. The van der Waals surface area contributed by atoms with Crippen LogP contribution in [0.4, 0.5) is 17.1 Å². The third-order valence-corrected chi connectivity index (χ3v) is 3.67. The van der Waals surface area contributed by atoms with Gasteiger partial charge in [0.05, 0.1) is 19.9 Å². The standard InChI is InChI=1S/C20H19N3O4/c1-26-17-8-3-5-14(12-17)21-13-19(24)22-15-6-2-7-16(11-15)23-20(25)18-9-4-10-27-18/h2-12,21H,13H2,1H3,(H,22,24)(H,23,25). The molecule has 1 aromatic heterocycles. The highest BCUT2D eigenvalue weighted by atomic mass is 16.5.